The minimum absolute atomic E-state index is 0.244. The maximum absolute atomic E-state index is 10.4. The summed E-state index contributed by atoms with van der Waals surface area (Å²) in [4.78, 5) is 10.4. The van der Waals surface area contributed by atoms with Crippen LogP contribution in [0.5, 0.6) is 0 Å². The summed E-state index contributed by atoms with van der Waals surface area (Å²) in [6.07, 6.45) is 2.27. The number of rotatable bonds is 1. The Labute approximate surface area is 59.0 Å². The van der Waals surface area contributed by atoms with Crippen molar-refractivity contribution in [2.24, 2.45) is 0 Å². The normalized spacial score (nSPS) is 32.0. The van der Waals surface area contributed by atoms with E-state index in [1.165, 1.54) is 0 Å². The van der Waals surface area contributed by atoms with Gasteiger partial charge < -0.3 is 10.2 Å². The van der Waals surface area contributed by atoms with Gasteiger partial charge in [-0.1, -0.05) is 11.6 Å². The third-order valence-electron chi connectivity index (χ3n) is 1.76. The number of hydrogen-bond acceptors (Lipinski definition) is 2. The van der Waals surface area contributed by atoms with E-state index in [0.717, 1.165) is 5.57 Å². The summed E-state index contributed by atoms with van der Waals surface area (Å²) in [7, 11) is 0. The first-order valence-electron chi connectivity index (χ1n) is 3.16. The van der Waals surface area contributed by atoms with Crippen LogP contribution in [-0.2, 0) is 4.79 Å². The number of aliphatic hydroxyl groups is 1. The quantitative estimate of drug-likeness (QED) is 0.525. The van der Waals surface area contributed by atoms with Gasteiger partial charge in [0.2, 0.25) is 0 Å². The molecule has 2 N–H and O–H groups in total. The monoisotopic (exact) mass is 142 g/mol. The van der Waals surface area contributed by atoms with Crippen molar-refractivity contribution in [3.05, 3.63) is 11.6 Å². The summed E-state index contributed by atoms with van der Waals surface area (Å²) in [6.45, 7) is 1.82. The molecule has 0 saturated heterocycles. The van der Waals surface area contributed by atoms with Crippen LogP contribution in [0.4, 0.5) is 0 Å². The van der Waals surface area contributed by atoms with E-state index < -0.39 is 11.6 Å². The Bertz CT molecular complexity index is 195. The molecule has 0 radical (unpaired) electrons. The molecule has 0 fully saturated rings. The maximum Gasteiger partial charge on any atom is 0.336 e. The molecule has 0 unspecified atom stereocenters. The van der Waals surface area contributed by atoms with E-state index in [1.807, 2.05) is 6.92 Å². The molecule has 1 aliphatic carbocycles. The summed E-state index contributed by atoms with van der Waals surface area (Å²) in [5.74, 6) is -1.12. The number of carbonyl (C=O) groups is 1. The fraction of sp³-hybridized carbons (Fsp3) is 0.571. The SMILES string of the molecule is CC1=CC[C@](O)(C(=O)O)C1. The highest BCUT2D eigenvalue weighted by Crippen LogP contribution is 2.28. The summed E-state index contributed by atoms with van der Waals surface area (Å²) in [5, 5.41) is 17.8. The standard InChI is InChI=1S/C7H10O3/c1-5-2-3-7(10,4-5)6(8)9/h2,10H,3-4H2,1H3,(H,8,9)/t7-/m1/s1. The van der Waals surface area contributed by atoms with Crippen LogP contribution in [0, 0.1) is 0 Å². The Hall–Kier alpha value is -0.830. The number of aliphatic carboxylic acids is 1. The van der Waals surface area contributed by atoms with Gasteiger partial charge in [0.05, 0.1) is 0 Å². The van der Waals surface area contributed by atoms with Gasteiger partial charge in [-0.3, -0.25) is 0 Å². The fourth-order valence-corrected chi connectivity index (χ4v) is 1.11. The van der Waals surface area contributed by atoms with Crippen LogP contribution < -0.4 is 0 Å². The van der Waals surface area contributed by atoms with Crippen LogP contribution in [0.25, 0.3) is 0 Å². The minimum Gasteiger partial charge on any atom is -0.479 e. The molecule has 0 heterocycles. The van der Waals surface area contributed by atoms with E-state index in [9.17, 15) is 9.90 Å². The molecule has 1 rings (SSSR count). The average molecular weight is 142 g/mol. The molecule has 56 valence electrons. The second-order valence-electron chi connectivity index (χ2n) is 2.77. The van der Waals surface area contributed by atoms with Crippen LogP contribution in [0.15, 0.2) is 11.6 Å². The first-order valence-corrected chi connectivity index (χ1v) is 3.16. The Morgan fingerprint density at radius 3 is 2.60 bits per heavy atom. The van der Waals surface area contributed by atoms with Crippen LogP contribution in [0.2, 0.25) is 0 Å². The predicted octanol–water partition coefficient (Wildman–Crippen LogP) is 0.542. The molecule has 1 aliphatic rings. The van der Waals surface area contributed by atoms with Gasteiger partial charge in [-0.05, 0) is 6.92 Å². The van der Waals surface area contributed by atoms with Crippen molar-refractivity contribution in [1.29, 1.82) is 0 Å². The molecular weight excluding hydrogens is 132 g/mol. The highest BCUT2D eigenvalue weighted by atomic mass is 16.4. The lowest BCUT2D eigenvalue weighted by molar-refractivity contribution is -0.157. The molecular formula is C7H10O3. The molecule has 0 aromatic heterocycles. The van der Waals surface area contributed by atoms with Gasteiger partial charge in [-0.2, -0.15) is 0 Å². The molecule has 0 aliphatic heterocycles. The Balaban J connectivity index is 2.70. The molecule has 3 nitrogen and oxygen atoms in total. The third-order valence-corrected chi connectivity index (χ3v) is 1.76. The van der Waals surface area contributed by atoms with Gasteiger partial charge in [0.25, 0.3) is 0 Å². The van der Waals surface area contributed by atoms with Crippen molar-refractivity contribution in [1.82, 2.24) is 0 Å². The summed E-state index contributed by atoms with van der Waals surface area (Å²) in [6, 6.07) is 0. The van der Waals surface area contributed by atoms with Gasteiger partial charge in [0.15, 0.2) is 5.60 Å². The van der Waals surface area contributed by atoms with Gasteiger partial charge in [-0.15, -0.1) is 0 Å². The van der Waals surface area contributed by atoms with E-state index in [-0.39, 0.29) is 12.8 Å². The zero-order valence-corrected chi connectivity index (χ0v) is 5.79. The minimum atomic E-state index is -1.51. The van der Waals surface area contributed by atoms with Crippen molar-refractivity contribution >= 4 is 5.97 Å². The van der Waals surface area contributed by atoms with Crippen molar-refractivity contribution < 1.29 is 15.0 Å². The summed E-state index contributed by atoms with van der Waals surface area (Å²) < 4.78 is 0. The van der Waals surface area contributed by atoms with E-state index >= 15 is 0 Å². The lowest BCUT2D eigenvalue weighted by Crippen LogP contribution is -2.35. The molecule has 0 spiro atoms. The first kappa shape index (κ1) is 7.28. The molecule has 0 aromatic carbocycles. The van der Waals surface area contributed by atoms with E-state index in [4.69, 9.17) is 5.11 Å². The predicted molar refractivity (Wildman–Crippen MR) is 35.6 cm³/mol. The Kier molecular flexibility index (Phi) is 1.52. The van der Waals surface area contributed by atoms with E-state index in [1.54, 1.807) is 6.08 Å². The van der Waals surface area contributed by atoms with Crippen LogP contribution in [-0.4, -0.2) is 21.8 Å². The van der Waals surface area contributed by atoms with E-state index in [2.05, 4.69) is 0 Å². The second-order valence-corrected chi connectivity index (χ2v) is 2.77. The largest absolute Gasteiger partial charge is 0.479 e. The summed E-state index contributed by atoms with van der Waals surface area (Å²) in [5.41, 5.74) is -0.561. The lowest BCUT2D eigenvalue weighted by Gasteiger charge is -2.15. The van der Waals surface area contributed by atoms with Gasteiger partial charge in [-0.25, -0.2) is 4.79 Å². The van der Waals surface area contributed by atoms with Crippen LogP contribution in [0.3, 0.4) is 0 Å². The fourth-order valence-electron chi connectivity index (χ4n) is 1.11. The van der Waals surface area contributed by atoms with Crippen molar-refractivity contribution in [2.75, 3.05) is 0 Å². The maximum atomic E-state index is 10.4. The van der Waals surface area contributed by atoms with Crippen LogP contribution in [0.1, 0.15) is 19.8 Å². The molecule has 10 heavy (non-hydrogen) atoms. The zero-order chi connectivity index (χ0) is 7.78. The number of carboxylic acid groups (broad SMARTS) is 1. The topological polar surface area (TPSA) is 57.5 Å². The lowest BCUT2D eigenvalue weighted by atomic mass is 10.0. The Morgan fingerprint density at radius 1 is 1.80 bits per heavy atom. The molecule has 0 amide bonds. The van der Waals surface area contributed by atoms with E-state index in [0.29, 0.717) is 0 Å². The van der Waals surface area contributed by atoms with Crippen molar-refractivity contribution in [3.63, 3.8) is 0 Å². The summed E-state index contributed by atoms with van der Waals surface area (Å²) >= 11 is 0. The van der Waals surface area contributed by atoms with Gasteiger partial charge in [0.1, 0.15) is 0 Å². The van der Waals surface area contributed by atoms with Crippen LogP contribution >= 0.6 is 0 Å². The first-order chi connectivity index (χ1) is 4.54. The van der Waals surface area contributed by atoms with Crippen molar-refractivity contribution in [2.45, 2.75) is 25.4 Å². The Morgan fingerprint density at radius 2 is 2.40 bits per heavy atom. The van der Waals surface area contributed by atoms with Gasteiger partial charge in [0, 0.05) is 12.8 Å². The average Bonchev–Trinajstić information content (AvgIpc) is 2.13. The number of hydrogen-bond donors (Lipinski definition) is 2. The second kappa shape index (κ2) is 2.09. The van der Waals surface area contributed by atoms with Crippen molar-refractivity contribution in [3.8, 4) is 0 Å². The number of carboxylic acids is 1. The smallest absolute Gasteiger partial charge is 0.336 e. The molecule has 0 aromatic rings. The zero-order valence-electron chi connectivity index (χ0n) is 5.79. The highest BCUT2D eigenvalue weighted by Gasteiger charge is 2.38. The van der Waals surface area contributed by atoms with Gasteiger partial charge >= 0.3 is 5.97 Å². The molecule has 0 bridgehead atoms. The molecule has 0 saturated carbocycles. The highest BCUT2D eigenvalue weighted by molar-refractivity contribution is 5.78. The third kappa shape index (κ3) is 1.04. The molecule has 3 heteroatoms. The molecule has 1 atom stereocenters.